The highest BCUT2D eigenvalue weighted by molar-refractivity contribution is 7.91. The highest BCUT2D eigenvalue weighted by Crippen LogP contribution is 2.32. The van der Waals surface area contributed by atoms with Gasteiger partial charge < -0.3 is 20.5 Å². The molecule has 0 saturated carbocycles. The maximum absolute atomic E-state index is 12.6. The second kappa shape index (κ2) is 7.87. The predicted octanol–water partition coefficient (Wildman–Crippen LogP) is 2.54. The van der Waals surface area contributed by atoms with Gasteiger partial charge in [0.2, 0.25) is 5.91 Å². The first-order chi connectivity index (χ1) is 12.8. The van der Waals surface area contributed by atoms with Crippen molar-refractivity contribution >= 4 is 27.1 Å². The van der Waals surface area contributed by atoms with Gasteiger partial charge in [0.05, 0.1) is 23.9 Å². The number of amides is 1. The largest absolute Gasteiger partial charge is 0.490 e. The number of hydrogen-bond acceptors (Lipinski definition) is 6. The Morgan fingerprint density at radius 1 is 1.11 bits per heavy atom. The fourth-order valence-electron chi connectivity index (χ4n) is 2.67. The van der Waals surface area contributed by atoms with E-state index < -0.39 is 9.84 Å². The van der Waals surface area contributed by atoms with Crippen LogP contribution in [0.15, 0.2) is 41.3 Å². The molecule has 0 aliphatic carbocycles. The lowest BCUT2D eigenvalue weighted by Gasteiger charge is -2.11. The third kappa shape index (κ3) is 4.71. The van der Waals surface area contributed by atoms with Gasteiger partial charge in [-0.3, -0.25) is 4.79 Å². The molecule has 8 heteroatoms. The Morgan fingerprint density at radius 3 is 2.63 bits per heavy atom. The fraction of sp³-hybridized carbons (Fsp3) is 0.316. The van der Waals surface area contributed by atoms with E-state index in [1.165, 1.54) is 12.1 Å². The first-order valence-corrected chi connectivity index (χ1v) is 10.3. The first kappa shape index (κ1) is 19.0. The van der Waals surface area contributed by atoms with E-state index in [0.717, 1.165) is 12.0 Å². The molecule has 3 rings (SSSR count). The topological polar surface area (TPSA) is 108 Å². The summed E-state index contributed by atoms with van der Waals surface area (Å²) in [5, 5.41) is 2.71. The Morgan fingerprint density at radius 2 is 1.85 bits per heavy atom. The summed E-state index contributed by atoms with van der Waals surface area (Å²) in [5.41, 5.74) is 7.67. The third-order valence-corrected chi connectivity index (χ3v) is 5.93. The van der Waals surface area contributed by atoms with Crippen LogP contribution in [0.25, 0.3) is 0 Å². The molecule has 0 unspecified atom stereocenters. The molecule has 0 spiro atoms. The van der Waals surface area contributed by atoms with Crippen molar-refractivity contribution in [3.05, 3.63) is 42.0 Å². The standard InChI is InChI=1S/C19H22N2O5S/c1-13-3-4-14(20)11-16(13)21-19(22)7-10-27(23,24)15-5-6-17-18(12-15)26-9-2-8-25-17/h3-6,11-12H,2,7-10,20H2,1H3,(H,21,22). The van der Waals surface area contributed by atoms with Gasteiger partial charge in [0.25, 0.3) is 0 Å². The molecule has 1 aliphatic rings. The monoisotopic (exact) mass is 390 g/mol. The van der Waals surface area contributed by atoms with E-state index in [0.29, 0.717) is 36.1 Å². The molecule has 0 aromatic heterocycles. The quantitative estimate of drug-likeness (QED) is 0.760. The van der Waals surface area contributed by atoms with Crippen molar-refractivity contribution in [1.82, 2.24) is 0 Å². The summed E-state index contributed by atoms with van der Waals surface area (Å²) >= 11 is 0. The van der Waals surface area contributed by atoms with E-state index in [1.807, 2.05) is 6.92 Å². The zero-order valence-electron chi connectivity index (χ0n) is 15.0. The van der Waals surface area contributed by atoms with Crippen molar-refractivity contribution in [3.8, 4) is 11.5 Å². The van der Waals surface area contributed by atoms with Gasteiger partial charge in [-0.15, -0.1) is 0 Å². The summed E-state index contributed by atoms with van der Waals surface area (Å²) in [6, 6.07) is 9.69. The Hall–Kier alpha value is -2.74. The summed E-state index contributed by atoms with van der Waals surface area (Å²) < 4.78 is 36.2. The number of carbonyl (C=O) groups is 1. The molecule has 0 bridgehead atoms. The normalized spacial score (nSPS) is 13.7. The Bertz CT molecular complexity index is 957. The van der Waals surface area contributed by atoms with Crippen LogP contribution in [-0.2, 0) is 14.6 Å². The van der Waals surface area contributed by atoms with Crippen LogP contribution in [0.4, 0.5) is 11.4 Å². The Kier molecular flexibility index (Phi) is 5.55. The maximum Gasteiger partial charge on any atom is 0.225 e. The van der Waals surface area contributed by atoms with E-state index in [-0.39, 0.29) is 23.0 Å². The molecule has 1 amide bonds. The molecular formula is C19H22N2O5S. The molecule has 0 atom stereocenters. The zero-order valence-corrected chi connectivity index (χ0v) is 15.8. The van der Waals surface area contributed by atoms with Crippen molar-refractivity contribution in [3.63, 3.8) is 0 Å². The molecule has 7 nitrogen and oxygen atoms in total. The molecule has 0 saturated heterocycles. The van der Waals surface area contributed by atoms with Crippen molar-refractivity contribution < 1.29 is 22.7 Å². The zero-order chi connectivity index (χ0) is 19.4. The number of rotatable bonds is 5. The van der Waals surface area contributed by atoms with Gasteiger partial charge in [0.15, 0.2) is 21.3 Å². The number of anilines is 2. The maximum atomic E-state index is 12.6. The average Bonchev–Trinajstić information content (AvgIpc) is 2.88. The van der Waals surface area contributed by atoms with Crippen molar-refractivity contribution in [2.45, 2.75) is 24.7 Å². The number of nitrogens with one attached hydrogen (secondary N) is 1. The lowest BCUT2D eigenvalue weighted by atomic mass is 10.2. The summed E-state index contributed by atoms with van der Waals surface area (Å²) in [6.07, 6.45) is 0.575. The molecule has 2 aromatic carbocycles. The van der Waals surface area contributed by atoms with Gasteiger partial charge in [0, 0.05) is 30.3 Å². The smallest absolute Gasteiger partial charge is 0.225 e. The molecule has 2 aromatic rings. The van der Waals surface area contributed by atoms with Crippen LogP contribution < -0.4 is 20.5 Å². The van der Waals surface area contributed by atoms with Gasteiger partial charge >= 0.3 is 0 Å². The van der Waals surface area contributed by atoms with E-state index in [2.05, 4.69) is 5.32 Å². The molecule has 3 N–H and O–H groups in total. The summed E-state index contributed by atoms with van der Waals surface area (Å²) in [5.74, 6) is 0.246. The van der Waals surface area contributed by atoms with Crippen LogP contribution in [0.1, 0.15) is 18.4 Å². The molecule has 1 heterocycles. The molecule has 0 fully saturated rings. The minimum atomic E-state index is -3.63. The van der Waals surface area contributed by atoms with Crippen LogP contribution in [0.3, 0.4) is 0 Å². The number of ether oxygens (including phenoxy) is 2. The highest BCUT2D eigenvalue weighted by atomic mass is 32.2. The van der Waals surface area contributed by atoms with E-state index >= 15 is 0 Å². The summed E-state index contributed by atoms with van der Waals surface area (Å²) in [6.45, 7) is 2.84. The van der Waals surface area contributed by atoms with Gasteiger partial charge in [-0.05, 0) is 36.8 Å². The number of sulfone groups is 1. The summed E-state index contributed by atoms with van der Waals surface area (Å²) in [7, 11) is -3.63. The Labute approximate surface area is 158 Å². The van der Waals surface area contributed by atoms with Gasteiger partial charge in [-0.2, -0.15) is 0 Å². The van der Waals surface area contributed by atoms with Crippen LogP contribution in [0, 0.1) is 6.92 Å². The molecule has 144 valence electrons. The third-order valence-electron chi connectivity index (χ3n) is 4.21. The molecule has 27 heavy (non-hydrogen) atoms. The Balaban J connectivity index is 1.67. The average molecular weight is 390 g/mol. The highest BCUT2D eigenvalue weighted by Gasteiger charge is 2.20. The second-order valence-electron chi connectivity index (χ2n) is 6.35. The summed E-state index contributed by atoms with van der Waals surface area (Å²) in [4.78, 5) is 12.3. The minimum absolute atomic E-state index is 0.111. The van der Waals surface area contributed by atoms with Crippen LogP contribution >= 0.6 is 0 Å². The van der Waals surface area contributed by atoms with Crippen LogP contribution in [-0.4, -0.2) is 33.3 Å². The number of nitrogen functional groups attached to an aromatic ring is 1. The first-order valence-electron chi connectivity index (χ1n) is 8.63. The lowest BCUT2D eigenvalue weighted by Crippen LogP contribution is -2.18. The van der Waals surface area contributed by atoms with Gasteiger partial charge in [-0.1, -0.05) is 6.07 Å². The molecular weight excluding hydrogens is 368 g/mol. The molecule has 1 aliphatic heterocycles. The van der Waals surface area contributed by atoms with Crippen molar-refractivity contribution in [2.24, 2.45) is 0 Å². The predicted molar refractivity (Wildman–Crippen MR) is 103 cm³/mol. The SMILES string of the molecule is Cc1ccc(N)cc1NC(=O)CCS(=O)(=O)c1ccc2c(c1)OCCCO2. The van der Waals surface area contributed by atoms with E-state index in [9.17, 15) is 13.2 Å². The van der Waals surface area contributed by atoms with Crippen LogP contribution in [0.5, 0.6) is 11.5 Å². The van der Waals surface area contributed by atoms with Gasteiger partial charge in [0.1, 0.15) is 0 Å². The second-order valence-corrected chi connectivity index (χ2v) is 8.46. The lowest BCUT2D eigenvalue weighted by molar-refractivity contribution is -0.115. The van der Waals surface area contributed by atoms with E-state index in [1.54, 1.807) is 24.3 Å². The number of hydrogen-bond donors (Lipinski definition) is 2. The van der Waals surface area contributed by atoms with Gasteiger partial charge in [-0.25, -0.2) is 8.42 Å². The number of nitrogens with two attached hydrogens (primary N) is 1. The fourth-order valence-corrected chi connectivity index (χ4v) is 3.92. The number of fused-ring (bicyclic) bond motifs is 1. The molecule has 0 radical (unpaired) electrons. The minimum Gasteiger partial charge on any atom is -0.490 e. The van der Waals surface area contributed by atoms with E-state index in [4.69, 9.17) is 15.2 Å². The van der Waals surface area contributed by atoms with Crippen molar-refractivity contribution in [1.29, 1.82) is 0 Å². The number of aryl methyl sites for hydroxylation is 1. The van der Waals surface area contributed by atoms with Crippen molar-refractivity contribution in [2.75, 3.05) is 30.0 Å². The number of benzene rings is 2. The van der Waals surface area contributed by atoms with Crippen LogP contribution in [0.2, 0.25) is 0 Å². The number of carbonyl (C=O) groups excluding carboxylic acids is 1.